The van der Waals surface area contributed by atoms with E-state index < -0.39 is 0 Å². The van der Waals surface area contributed by atoms with Crippen LogP contribution in [0.5, 0.6) is 0 Å². The highest BCUT2D eigenvalue weighted by atomic mass is 32.1. The normalized spacial score (nSPS) is 10.4. The van der Waals surface area contributed by atoms with Crippen LogP contribution in [0.4, 0.5) is 10.1 Å². The molecule has 0 spiro atoms. The molecule has 1 heterocycles. The average Bonchev–Trinajstić information content (AvgIpc) is 2.62. The second-order valence-electron chi connectivity index (χ2n) is 4.21. The van der Waals surface area contributed by atoms with Gasteiger partial charge in [-0.2, -0.15) is 0 Å². The topological polar surface area (TPSA) is 68.0 Å². The molecule has 0 atom stereocenters. The molecule has 0 fully saturated rings. The minimum Gasteiger partial charge on any atom is -0.389 e. The number of amides is 1. The van der Waals surface area contributed by atoms with Gasteiger partial charge in [0.05, 0.1) is 0 Å². The third-order valence-electron chi connectivity index (χ3n) is 2.72. The summed E-state index contributed by atoms with van der Waals surface area (Å²) in [4.78, 5) is 15.3. The SMILES string of the molecule is CC(=O)Nc1nc(-c2ccc(C)c(C)c2)c(N)s1. The van der Waals surface area contributed by atoms with Crippen LogP contribution in [0.15, 0.2) is 18.2 Å². The summed E-state index contributed by atoms with van der Waals surface area (Å²) in [5.41, 5.74) is 10.1. The largest absolute Gasteiger partial charge is 0.389 e. The van der Waals surface area contributed by atoms with Gasteiger partial charge < -0.3 is 11.1 Å². The maximum absolute atomic E-state index is 11.0. The molecule has 2 aromatic rings. The monoisotopic (exact) mass is 261 g/mol. The number of nitrogens with zero attached hydrogens (tertiary/aromatic N) is 1. The van der Waals surface area contributed by atoms with E-state index in [1.165, 1.54) is 29.4 Å². The summed E-state index contributed by atoms with van der Waals surface area (Å²) in [7, 11) is 0. The Labute approximate surface area is 110 Å². The smallest absolute Gasteiger partial charge is 0.223 e. The molecular weight excluding hydrogens is 246 g/mol. The lowest BCUT2D eigenvalue weighted by Crippen LogP contribution is -2.04. The molecule has 4 nitrogen and oxygen atoms in total. The summed E-state index contributed by atoms with van der Waals surface area (Å²) >= 11 is 1.28. The minimum absolute atomic E-state index is 0.143. The van der Waals surface area contributed by atoms with Gasteiger partial charge in [0.1, 0.15) is 10.7 Å². The van der Waals surface area contributed by atoms with E-state index in [2.05, 4.69) is 30.2 Å². The van der Waals surface area contributed by atoms with Gasteiger partial charge in [0.2, 0.25) is 5.91 Å². The predicted molar refractivity (Wildman–Crippen MR) is 75.7 cm³/mol. The van der Waals surface area contributed by atoms with Crippen molar-refractivity contribution in [3.05, 3.63) is 29.3 Å². The van der Waals surface area contributed by atoms with E-state index in [9.17, 15) is 4.79 Å². The quantitative estimate of drug-likeness (QED) is 0.873. The number of aromatic nitrogens is 1. The molecule has 1 aromatic heterocycles. The van der Waals surface area contributed by atoms with Crippen molar-refractivity contribution in [2.75, 3.05) is 11.1 Å². The lowest BCUT2D eigenvalue weighted by molar-refractivity contribution is -0.114. The molecule has 0 aliphatic carbocycles. The van der Waals surface area contributed by atoms with Gasteiger partial charge >= 0.3 is 0 Å². The van der Waals surface area contributed by atoms with Gasteiger partial charge in [0, 0.05) is 12.5 Å². The van der Waals surface area contributed by atoms with Crippen molar-refractivity contribution in [2.45, 2.75) is 20.8 Å². The number of nitrogen functional groups attached to an aromatic ring is 1. The van der Waals surface area contributed by atoms with Crippen LogP contribution in [0.1, 0.15) is 18.1 Å². The van der Waals surface area contributed by atoms with E-state index in [4.69, 9.17) is 5.73 Å². The number of carbonyl (C=O) groups excluding carboxylic acids is 1. The number of nitrogens with one attached hydrogen (secondary N) is 1. The second kappa shape index (κ2) is 4.78. The third kappa shape index (κ3) is 2.51. The molecule has 0 saturated heterocycles. The number of thiazole rings is 1. The van der Waals surface area contributed by atoms with Gasteiger partial charge in [-0.1, -0.05) is 23.5 Å². The molecule has 1 amide bonds. The summed E-state index contributed by atoms with van der Waals surface area (Å²) in [5.74, 6) is -0.143. The zero-order chi connectivity index (χ0) is 13.3. The molecule has 0 bridgehead atoms. The van der Waals surface area contributed by atoms with Crippen molar-refractivity contribution < 1.29 is 4.79 Å². The number of aryl methyl sites for hydroxylation is 2. The Hall–Kier alpha value is -1.88. The van der Waals surface area contributed by atoms with Crippen molar-refractivity contribution in [1.82, 2.24) is 4.98 Å². The molecule has 0 aliphatic rings. The van der Waals surface area contributed by atoms with Crippen LogP contribution in [0.2, 0.25) is 0 Å². The molecule has 2 rings (SSSR count). The van der Waals surface area contributed by atoms with E-state index in [-0.39, 0.29) is 5.91 Å². The zero-order valence-corrected chi connectivity index (χ0v) is 11.4. The molecule has 1 aromatic carbocycles. The molecule has 0 radical (unpaired) electrons. The fourth-order valence-electron chi connectivity index (χ4n) is 1.63. The van der Waals surface area contributed by atoms with Gasteiger partial charge in [-0.15, -0.1) is 0 Å². The van der Waals surface area contributed by atoms with Gasteiger partial charge in [0.15, 0.2) is 5.13 Å². The molecule has 3 N–H and O–H groups in total. The Bertz CT molecular complexity index is 604. The highest BCUT2D eigenvalue weighted by Crippen LogP contribution is 2.33. The highest BCUT2D eigenvalue weighted by Gasteiger charge is 2.11. The first-order valence-electron chi connectivity index (χ1n) is 5.59. The summed E-state index contributed by atoms with van der Waals surface area (Å²) < 4.78 is 0. The number of hydrogen-bond acceptors (Lipinski definition) is 4. The molecular formula is C13H15N3OS. The Kier molecular flexibility index (Phi) is 3.34. The minimum atomic E-state index is -0.143. The summed E-state index contributed by atoms with van der Waals surface area (Å²) in [6.45, 7) is 5.57. The van der Waals surface area contributed by atoms with Crippen molar-refractivity contribution in [3.8, 4) is 11.3 Å². The number of benzene rings is 1. The van der Waals surface area contributed by atoms with Crippen molar-refractivity contribution in [3.63, 3.8) is 0 Å². The number of rotatable bonds is 2. The number of nitrogens with two attached hydrogens (primary N) is 1. The Balaban J connectivity index is 2.41. The number of carbonyl (C=O) groups is 1. The third-order valence-corrected chi connectivity index (χ3v) is 3.52. The fraction of sp³-hybridized carbons (Fsp3) is 0.231. The van der Waals surface area contributed by atoms with Gasteiger partial charge in [-0.3, -0.25) is 4.79 Å². The fourth-order valence-corrected chi connectivity index (χ4v) is 2.43. The Morgan fingerprint density at radius 3 is 2.67 bits per heavy atom. The van der Waals surface area contributed by atoms with Crippen LogP contribution < -0.4 is 11.1 Å². The van der Waals surface area contributed by atoms with E-state index in [0.717, 1.165) is 11.3 Å². The first-order chi connectivity index (χ1) is 8.47. The van der Waals surface area contributed by atoms with Gasteiger partial charge in [-0.25, -0.2) is 4.98 Å². The highest BCUT2D eigenvalue weighted by molar-refractivity contribution is 7.20. The summed E-state index contributed by atoms with van der Waals surface area (Å²) in [6, 6.07) is 6.09. The lowest BCUT2D eigenvalue weighted by Gasteiger charge is -2.03. The van der Waals surface area contributed by atoms with Crippen LogP contribution in [0.25, 0.3) is 11.3 Å². The molecule has 0 aliphatic heterocycles. The Morgan fingerprint density at radius 1 is 1.33 bits per heavy atom. The van der Waals surface area contributed by atoms with E-state index in [1.807, 2.05) is 12.1 Å². The molecule has 0 unspecified atom stereocenters. The molecule has 18 heavy (non-hydrogen) atoms. The maximum Gasteiger partial charge on any atom is 0.223 e. The molecule has 5 heteroatoms. The second-order valence-corrected chi connectivity index (χ2v) is 5.24. The predicted octanol–water partition coefficient (Wildman–Crippen LogP) is 2.97. The van der Waals surface area contributed by atoms with Gasteiger partial charge in [-0.05, 0) is 31.0 Å². The molecule has 0 saturated carbocycles. The molecule has 94 valence electrons. The van der Waals surface area contributed by atoms with Crippen molar-refractivity contribution in [2.24, 2.45) is 0 Å². The average molecular weight is 261 g/mol. The summed E-state index contributed by atoms with van der Waals surface area (Å²) in [6.07, 6.45) is 0. The van der Waals surface area contributed by atoms with E-state index in [1.54, 1.807) is 0 Å². The maximum atomic E-state index is 11.0. The standard InChI is InChI=1S/C13H15N3OS/c1-7-4-5-10(6-8(7)2)11-12(14)18-13(16-11)15-9(3)17/h4-6H,14H2,1-3H3,(H,15,16,17). The van der Waals surface area contributed by atoms with Crippen LogP contribution in [-0.2, 0) is 4.79 Å². The van der Waals surface area contributed by atoms with Crippen LogP contribution in [0, 0.1) is 13.8 Å². The van der Waals surface area contributed by atoms with Crippen LogP contribution in [0.3, 0.4) is 0 Å². The van der Waals surface area contributed by atoms with Crippen LogP contribution in [-0.4, -0.2) is 10.9 Å². The van der Waals surface area contributed by atoms with E-state index >= 15 is 0 Å². The van der Waals surface area contributed by atoms with Crippen LogP contribution >= 0.6 is 11.3 Å². The first kappa shape index (κ1) is 12.6. The lowest BCUT2D eigenvalue weighted by atomic mass is 10.0. The summed E-state index contributed by atoms with van der Waals surface area (Å²) in [5, 5.41) is 3.80. The van der Waals surface area contributed by atoms with Gasteiger partial charge in [0.25, 0.3) is 0 Å². The number of hydrogen-bond donors (Lipinski definition) is 2. The van der Waals surface area contributed by atoms with E-state index in [0.29, 0.717) is 10.1 Å². The Morgan fingerprint density at radius 2 is 2.06 bits per heavy atom. The number of anilines is 2. The first-order valence-corrected chi connectivity index (χ1v) is 6.40. The van der Waals surface area contributed by atoms with Crippen molar-refractivity contribution in [1.29, 1.82) is 0 Å². The zero-order valence-electron chi connectivity index (χ0n) is 10.6. The van der Waals surface area contributed by atoms with Crippen molar-refractivity contribution >= 4 is 27.4 Å².